The van der Waals surface area contributed by atoms with Gasteiger partial charge in [-0.2, -0.15) is 0 Å². The van der Waals surface area contributed by atoms with Crippen LogP contribution in [0.5, 0.6) is 0 Å². The number of anilines is 1. The molecule has 100 valence electrons. The number of alkyl halides is 2. The summed E-state index contributed by atoms with van der Waals surface area (Å²) in [6.07, 6.45) is 1.14. The Morgan fingerprint density at radius 2 is 2.11 bits per heavy atom. The zero-order valence-corrected chi connectivity index (χ0v) is 10.5. The van der Waals surface area contributed by atoms with E-state index in [-0.39, 0.29) is 18.8 Å². The Hall–Kier alpha value is -1.91. The Labute approximate surface area is 109 Å². The number of rotatable bonds is 2. The molecule has 2 N–H and O–H groups in total. The van der Waals surface area contributed by atoms with Crippen molar-refractivity contribution in [2.75, 3.05) is 5.73 Å². The lowest BCUT2D eigenvalue weighted by Crippen LogP contribution is -2.33. The number of nitrogens with two attached hydrogens (primary N) is 1. The van der Waals surface area contributed by atoms with Gasteiger partial charge in [-0.25, -0.2) is 13.8 Å². The summed E-state index contributed by atoms with van der Waals surface area (Å²) in [6.45, 7) is 1.92. The van der Waals surface area contributed by atoms with Gasteiger partial charge in [-0.1, -0.05) is 12.1 Å². The number of aryl methyl sites for hydroxylation is 1. The molecule has 0 unspecified atom stereocenters. The van der Waals surface area contributed by atoms with E-state index in [1.54, 1.807) is 0 Å². The summed E-state index contributed by atoms with van der Waals surface area (Å²) in [5, 5.41) is 0. The van der Waals surface area contributed by atoms with Gasteiger partial charge in [0.25, 0.3) is 0 Å². The zero-order valence-electron chi connectivity index (χ0n) is 10.5. The molecule has 1 saturated carbocycles. The Bertz CT molecular complexity index is 614. The summed E-state index contributed by atoms with van der Waals surface area (Å²) in [4.78, 5) is 4.28. The van der Waals surface area contributed by atoms with Crippen LogP contribution in [0.1, 0.15) is 30.2 Å². The van der Waals surface area contributed by atoms with Crippen molar-refractivity contribution >= 4 is 5.69 Å². The SMILES string of the molecule is Cc1ccc(-c2coc(C3CC(F)(F)C3)n2)cc1N. The predicted molar refractivity (Wildman–Crippen MR) is 68.0 cm³/mol. The molecule has 1 aliphatic carbocycles. The predicted octanol–water partition coefficient (Wildman–Crippen LogP) is 3.74. The van der Waals surface area contributed by atoms with Crippen molar-refractivity contribution in [3.05, 3.63) is 35.9 Å². The Balaban J connectivity index is 1.83. The molecule has 3 rings (SSSR count). The lowest BCUT2D eigenvalue weighted by molar-refractivity contribution is -0.0917. The highest BCUT2D eigenvalue weighted by Crippen LogP contribution is 2.48. The van der Waals surface area contributed by atoms with Gasteiger partial charge in [0.2, 0.25) is 5.92 Å². The fourth-order valence-electron chi connectivity index (χ4n) is 2.24. The molecule has 3 nitrogen and oxygen atoms in total. The first-order valence-electron chi connectivity index (χ1n) is 6.14. The van der Waals surface area contributed by atoms with Crippen LogP contribution in [0.25, 0.3) is 11.3 Å². The Kier molecular flexibility index (Phi) is 2.59. The minimum absolute atomic E-state index is 0.178. The number of halogens is 2. The van der Waals surface area contributed by atoms with Crippen LogP contribution >= 0.6 is 0 Å². The minimum Gasteiger partial charge on any atom is -0.448 e. The minimum atomic E-state index is -2.56. The van der Waals surface area contributed by atoms with Crippen LogP contribution in [0.15, 0.2) is 28.9 Å². The van der Waals surface area contributed by atoms with Gasteiger partial charge < -0.3 is 10.2 Å². The topological polar surface area (TPSA) is 52.0 Å². The molecule has 0 spiro atoms. The van der Waals surface area contributed by atoms with Gasteiger partial charge in [0.05, 0.1) is 0 Å². The summed E-state index contributed by atoms with van der Waals surface area (Å²) < 4.78 is 30.9. The van der Waals surface area contributed by atoms with Gasteiger partial charge in [0, 0.05) is 30.0 Å². The van der Waals surface area contributed by atoms with Gasteiger partial charge in [-0.15, -0.1) is 0 Å². The maximum Gasteiger partial charge on any atom is 0.249 e. The quantitative estimate of drug-likeness (QED) is 0.840. The average molecular weight is 264 g/mol. The number of nitrogens with zero attached hydrogens (tertiary/aromatic N) is 1. The van der Waals surface area contributed by atoms with Crippen LogP contribution in [0.3, 0.4) is 0 Å². The second kappa shape index (κ2) is 4.05. The van der Waals surface area contributed by atoms with Crippen molar-refractivity contribution < 1.29 is 13.2 Å². The Morgan fingerprint density at radius 1 is 1.37 bits per heavy atom. The molecule has 1 heterocycles. The molecule has 0 bridgehead atoms. The molecule has 1 aromatic carbocycles. The maximum absolute atomic E-state index is 12.8. The van der Waals surface area contributed by atoms with Gasteiger partial charge in [-0.3, -0.25) is 0 Å². The van der Waals surface area contributed by atoms with E-state index in [0.29, 0.717) is 17.3 Å². The van der Waals surface area contributed by atoms with Crippen molar-refractivity contribution in [1.82, 2.24) is 4.98 Å². The van der Waals surface area contributed by atoms with E-state index >= 15 is 0 Å². The van der Waals surface area contributed by atoms with E-state index in [1.165, 1.54) is 6.26 Å². The average Bonchev–Trinajstić information content (AvgIpc) is 2.78. The molecular formula is C14H14F2N2O. The van der Waals surface area contributed by atoms with Crippen molar-refractivity contribution in [2.24, 2.45) is 0 Å². The van der Waals surface area contributed by atoms with E-state index in [0.717, 1.165) is 11.1 Å². The highest BCUT2D eigenvalue weighted by Gasteiger charge is 2.48. The molecule has 0 atom stereocenters. The number of oxazole rings is 1. The molecule has 19 heavy (non-hydrogen) atoms. The van der Waals surface area contributed by atoms with Crippen LogP contribution in [0.2, 0.25) is 0 Å². The van der Waals surface area contributed by atoms with E-state index in [1.807, 2.05) is 25.1 Å². The lowest BCUT2D eigenvalue weighted by atomic mass is 9.81. The standard InChI is InChI=1S/C14H14F2N2O/c1-8-2-3-9(4-11(8)17)12-7-19-13(18-12)10-5-14(15,16)6-10/h2-4,7,10H,5-6,17H2,1H3. The number of aromatic nitrogens is 1. The van der Waals surface area contributed by atoms with Crippen LogP contribution in [0, 0.1) is 6.92 Å². The van der Waals surface area contributed by atoms with E-state index < -0.39 is 5.92 Å². The zero-order chi connectivity index (χ0) is 13.6. The second-order valence-corrected chi connectivity index (χ2v) is 5.10. The summed E-state index contributed by atoms with van der Waals surface area (Å²) in [7, 11) is 0. The van der Waals surface area contributed by atoms with E-state index in [2.05, 4.69) is 4.98 Å². The molecule has 1 aromatic heterocycles. The first-order valence-corrected chi connectivity index (χ1v) is 6.14. The van der Waals surface area contributed by atoms with Crippen molar-refractivity contribution in [3.8, 4) is 11.3 Å². The lowest BCUT2D eigenvalue weighted by Gasteiger charge is -2.32. The number of benzene rings is 1. The molecule has 0 aliphatic heterocycles. The molecular weight excluding hydrogens is 250 g/mol. The summed E-state index contributed by atoms with van der Waals surface area (Å²) in [6, 6.07) is 5.60. The van der Waals surface area contributed by atoms with Gasteiger partial charge in [-0.05, 0) is 18.6 Å². The monoisotopic (exact) mass is 264 g/mol. The summed E-state index contributed by atoms with van der Waals surface area (Å²) >= 11 is 0. The fraction of sp³-hybridized carbons (Fsp3) is 0.357. The highest BCUT2D eigenvalue weighted by atomic mass is 19.3. The first kappa shape index (κ1) is 12.1. The summed E-state index contributed by atoms with van der Waals surface area (Å²) in [5.74, 6) is -2.44. The third-order valence-corrected chi connectivity index (χ3v) is 3.54. The smallest absolute Gasteiger partial charge is 0.249 e. The third-order valence-electron chi connectivity index (χ3n) is 3.54. The van der Waals surface area contributed by atoms with Crippen molar-refractivity contribution in [3.63, 3.8) is 0 Å². The molecule has 0 saturated heterocycles. The third kappa shape index (κ3) is 2.20. The molecule has 1 aliphatic rings. The molecule has 0 amide bonds. The van der Waals surface area contributed by atoms with Crippen molar-refractivity contribution in [1.29, 1.82) is 0 Å². The number of hydrogen-bond donors (Lipinski definition) is 1. The first-order chi connectivity index (χ1) is 8.94. The fourth-order valence-corrected chi connectivity index (χ4v) is 2.24. The molecule has 0 radical (unpaired) electrons. The van der Waals surface area contributed by atoms with Gasteiger partial charge >= 0.3 is 0 Å². The summed E-state index contributed by atoms with van der Waals surface area (Å²) in [5.41, 5.74) is 8.98. The highest BCUT2D eigenvalue weighted by molar-refractivity contribution is 5.65. The molecule has 1 fully saturated rings. The number of hydrogen-bond acceptors (Lipinski definition) is 3. The molecule has 5 heteroatoms. The normalized spacial score (nSPS) is 18.3. The van der Waals surface area contributed by atoms with Crippen LogP contribution in [-0.4, -0.2) is 10.9 Å². The van der Waals surface area contributed by atoms with Crippen molar-refractivity contribution in [2.45, 2.75) is 31.6 Å². The van der Waals surface area contributed by atoms with Crippen LogP contribution < -0.4 is 5.73 Å². The Morgan fingerprint density at radius 3 is 2.74 bits per heavy atom. The second-order valence-electron chi connectivity index (χ2n) is 5.10. The van der Waals surface area contributed by atoms with Gasteiger partial charge in [0.15, 0.2) is 5.89 Å². The van der Waals surface area contributed by atoms with E-state index in [9.17, 15) is 8.78 Å². The largest absolute Gasteiger partial charge is 0.448 e. The van der Waals surface area contributed by atoms with Crippen LogP contribution in [-0.2, 0) is 0 Å². The van der Waals surface area contributed by atoms with Gasteiger partial charge in [0.1, 0.15) is 12.0 Å². The number of nitrogen functional groups attached to an aromatic ring is 1. The maximum atomic E-state index is 12.8. The van der Waals surface area contributed by atoms with E-state index in [4.69, 9.17) is 10.2 Å². The van der Waals surface area contributed by atoms with Crippen LogP contribution in [0.4, 0.5) is 14.5 Å². The molecule has 2 aromatic rings.